The Morgan fingerprint density at radius 1 is 1.27 bits per heavy atom. The second-order valence-electron chi connectivity index (χ2n) is 4.73. The van der Waals surface area contributed by atoms with Gasteiger partial charge in [0.25, 0.3) is 0 Å². The van der Waals surface area contributed by atoms with E-state index in [0.29, 0.717) is 0 Å². The molecule has 0 bridgehead atoms. The van der Waals surface area contributed by atoms with E-state index in [0.717, 1.165) is 6.54 Å². The number of carbonyl (C=O) groups is 2. The van der Waals surface area contributed by atoms with Gasteiger partial charge in [0.1, 0.15) is 0 Å². The van der Waals surface area contributed by atoms with Gasteiger partial charge in [-0.1, -0.05) is 20.8 Å². The number of rotatable bonds is 3. The number of urea groups is 1. The largest absolute Gasteiger partial charge is 0.341 e. The Morgan fingerprint density at radius 2 is 1.80 bits per heavy atom. The maximum absolute atomic E-state index is 11.4. The van der Waals surface area contributed by atoms with Crippen molar-refractivity contribution in [3.05, 3.63) is 0 Å². The number of amides is 3. The highest BCUT2D eigenvalue weighted by Gasteiger charge is 2.17. The van der Waals surface area contributed by atoms with E-state index in [1.807, 2.05) is 0 Å². The summed E-state index contributed by atoms with van der Waals surface area (Å²) in [7, 11) is 1.47. The van der Waals surface area contributed by atoms with Gasteiger partial charge in [-0.3, -0.25) is 10.1 Å². The van der Waals surface area contributed by atoms with Crippen LogP contribution in [0.1, 0.15) is 27.7 Å². The normalized spacial score (nSPS) is 13.1. The van der Waals surface area contributed by atoms with E-state index in [4.69, 9.17) is 0 Å². The monoisotopic (exact) mass is 215 g/mol. The third-order valence-electron chi connectivity index (χ3n) is 1.80. The average Bonchev–Trinajstić information content (AvgIpc) is 2.12. The third kappa shape index (κ3) is 6.90. The van der Waals surface area contributed by atoms with Crippen molar-refractivity contribution in [1.82, 2.24) is 16.0 Å². The SMILES string of the molecule is CNC(=O)NC(=O)C(C)NCC(C)(C)C. The molecule has 0 aromatic rings. The fraction of sp³-hybridized carbons (Fsp3) is 0.800. The lowest BCUT2D eigenvalue weighted by Crippen LogP contribution is -2.48. The molecule has 5 heteroatoms. The molecule has 0 radical (unpaired) electrons. The van der Waals surface area contributed by atoms with E-state index in [-0.39, 0.29) is 17.4 Å². The smallest absolute Gasteiger partial charge is 0.321 e. The van der Waals surface area contributed by atoms with Gasteiger partial charge in [0.15, 0.2) is 0 Å². The summed E-state index contributed by atoms with van der Waals surface area (Å²) >= 11 is 0. The van der Waals surface area contributed by atoms with Gasteiger partial charge in [0.2, 0.25) is 5.91 Å². The molecule has 88 valence electrons. The summed E-state index contributed by atoms with van der Waals surface area (Å²) in [5, 5.41) is 7.60. The number of hydrogen-bond donors (Lipinski definition) is 3. The summed E-state index contributed by atoms with van der Waals surface area (Å²) in [4.78, 5) is 22.3. The van der Waals surface area contributed by atoms with E-state index < -0.39 is 6.03 Å². The first-order chi connectivity index (χ1) is 6.76. The predicted molar refractivity (Wildman–Crippen MR) is 59.5 cm³/mol. The van der Waals surface area contributed by atoms with Gasteiger partial charge >= 0.3 is 6.03 Å². The number of carbonyl (C=O) groups excluding carboxylic acids is 2. The van der Waals surface area contributed by atoms with Crippen LogP contribution in [-0.2, 0) is 4.79 Å². The molecule has 0 aliphatic carbocycles. The van der Waals surface area contributed by atoms with Crippen LogP contribution in [0, 0.1) is 5.41 Å². The zero-order valence-electron chi connectivity index (χ0n) is 10.1. The Morgan fingerprint density at radius 3 is 2.20 bits per heavy atom. The minimum Gasteiger partial charge on any atom is -0.341 e. The van der Waals surface area contributed by atoms with Gasteiger partial charge in [-0.2, -0.15) is 0 Å². The first kappa shape index (κ1) is 13.9. The highest BCUT2D eigenvalue weighted by Crippen LogP contribution is 2.10. The van der Waals surface area contributed by atoms with Crippen molar-refractivity contribution in [1.29, 1.82) is 0 Å². The highest BCUT2D eigenvalue weighted by molar-refractivity contribution is 5.96. The lowest BCUT2D eigenvalue weighted by molar-refractivity contribution is -0.121. The summed E-state index contributed by atoms with van der Waals surface area (Å²) in [6.45, 7) is 8.66. The molecule has 5 nitrogen and oxygen atoms in total. The molecule has 3 N–H and O–H groups in total. The Kier molecular flexibility index (Phi) is 5.28. The van der Waals surface area contributed by atoms with Crippen molar-refractivity contribution < 1.29 is 9.59 Å². The Balaban J connectivity index is 3.95. The van der Waals surface area contributed by atoms with Gasteiger partial charge in [0.05, 0.1) is 6.04 Å². The first-order valence-corrected chi connectivity index (χ1v) is 5.02. The molecule has 0 saturated heterocycles. The summed E-state index contributed by atoms with van der Waals surface area (Å²) < 4.78 is 0. The molecule has 0 aromatic carbocycles. The summed E-state index contributed by atoms with van der Waals surface area (Å²) in [5.41, 5.74) is 0.113. The quantitative estimate of drug-likeness (QED) is 0.641. The molecule has 3 amide bonds. The number of hydrogen-bond acceptors (Lipinski definition) is 3. The molecule has 0 aromatic heterocycles. The zero-order chi connectivity index (χ0) is 12.1. The molecule has 0 aliphatic heterocycles. The van der Waals surface area contributed by atoms with Gasteiger partial charge in [-0.25, -0.2) is 4.79 Å². The van der Waals surface area contributed by atoms with Crippen molar-refractivity contribution >= 4 is 11.9 Å². The first-order valence-electron chi connectivity index (χ1n) is 5.02. The van der Waals surface area contributed by atoms with Crippen molar-refractivity contribution in [3.8, 4) is 0 Å². The van der Waals surface area contributed by atoms with Crippen molar-refractivity contribution in [2.75, 3.05) is 13.6 Å². The van der Waals surface area contributed by atoms with Crippen LogP contribution in [0.4, 0.5) is 4.79 Å². The molecule has 0 aliphatic rings. The average molecular weight is 215 g/mol. The van der Waals surface area contributed by atoms with Crippen LogP contribution in [0.2, 0.25) is 0 Å². The molecule has 0 fully saturated rings. The zero-order valence-corrected chi connectivity index (χ0v) is 10.1. The van der Waals surface area contributed by atoms with Gasteiger partial charge in [-0.15, -0.1) is 0 Å². The Labute approximate surface area is 91.0 Å². The Bertz CT molecular complexity index is 233. The van der Waals surface area contributed by atoms with Crippen LogP contribution in [0.5, 0.6) is 0 Å². The topological polar surface area (TPSA) is 70.2 Å². The van der Waals surface area contributed by atoms with Crippen molar-refractivity contribution in [2.24, 2.45) is 5.41 Å². The van der Waals surface area contributed by atoms with E-state index in [1.165, 1.54) is 7.05 Å². The van der Waals surface area contributed by atoms with Crippen LogP contribution < -0.4 is 16.0 Å². The van der Waals surface area contributed by atoms with Crippen molar-refractivity contribution in [2.45, 2.75) is 33.7 Å². The fourth-order valence-electron chi connectivity index (χ4n) is 0.835. The highest BCUT2D eigenvalue weighted by atomic mass is 16.2. The van der Waals surface area contributed by atoms with Gasteiger partial charge in [-0.05, 0) is 12.3 Å². The molecule has 0 heterocycles. The molecule has 0 rings (SSSR count). The molecule has 0 spiro atoms. The lowest BCUT2D eigenvalue weighted by atomic mass is 9.96. The second-order valence-corrected chi connectivity index (χ2v) is 4.73. The second kappa shape index (κ2) is 5.70. The number of nitrogens with one attached hydrogen (secondary N) is 3. The standard InChI is InChI=1S/C10H21N3O2/c1-7(12-6-10(2,3)4)8(14)13-9(15)11-5/h7,12H,6H2,1-5H3,(H2,11,13,14,15). The minimum absolute atomic E-state index is 0.113. The minimum atomic E-state index is -0.482. The van der Waals surface area contributed by atoms with E-state index in [1.54, 1.807) is 6.92 Å². The van der Waals surface area contributed by atoms with Crippen LogP contribution in [0.25, 0.3) is 0 Å². The molecule has 0 saturated carbocycles. The van der Waals surface area contributed by atoms with Crippen LogP contribution in [0.15, 0.2) is 0 Å². The maximum Gasteiger partial charge on any atom is 0.321 e. The molecular formula is C10H21N3O2. The molecule has 1 unspecified atom stereocenters. The molecule has 15 heavy (non-hydrogen) atoms. The summed E-state index contributed by atoms with van der Waals surface area (Å²) in [6.07, 6.45) is 0. The van der Waals surface area contributed by atoms with Crippen LogP contribution in [0.3, 0.4) is 0 Å². The van der Waals surface area contributed by atoms with E-state index >= 15 is 0 Å². The van der Waals surface area contributed by atoms with E-state index in [9.17, 15) is 9.59 Å². The lowest BCUT2D eigenvalue weighted by Gasteiger charge is -2.21. The van der Waals surface area contributed by atoms with Gasteiger partial charge < -0.3 is 10.6 Å². The summed E-state index contributed by atoms with van der Waals surface area (Å²) in [6, 6.07) is -0.856. The van der Waals surface area contributed by atoms with E-state index in [2.05, 4.69) is 36.7 Å². The van der Waals surface area contributed by atoms with Crippen molar-refractivity contribution in [3.63, 3.8) is 0 Å². The molecular weight excluding hydrogens is 194 g/mol. The van der Waals surface area contributed by atoms with Crippen LogP contribution in [-0.4, -0.2) is 31.6 Å². The predicted octanol–water partition coefficient (Wildman–Crippen LogP) is 0.466. The maximum atomic E-state index is 11.4. The summed E-state index contributed by atoms with van der Waals surface area (Å²) in [5.74, 6) is -0.321. The van der Waals surface area contributed by atoms with Gasteiger partial charge in [0, 0.05) is 13.6 Å². The molecule has 1 atom stereocenters. The fourth-order valence-corrected chi connectivity index (χ4v) is 0.835. The number of imide groups is 1. The third-order valence-corrected chi connectivity index (χ3v) is 1.80. The van der Waals surface area contributed by atoms with Crippen LogP contribution >= 0.6 is 0 Å². The Hall–Kier alpha value is -1.10.